The van der Waals surface area contributed by atoms with Gasteiger partial charge in [-0.2, -0.15) is 0 Å². The number of aliphatic hydroxyl groups is 1. The molecule has 1 aliphatic rings. The number of likely N-dealkylation sites (N-methyl/N-ethyl adjacent to an activating group) is 1. The Balaban J connectivity index is 1.93. The van der Waals surface area contributed by atoms with E-state index >= 15 is 0 Å². The minimum absolute atomic E-state index is 0.0687. The van der Waals surface area contributed by atoms with Gasteiger partial charge in [0.05, 0.1) is 18.4 Å². The van der Waals surface area contributed by atoms with Gasteiger partial charge < -0.3 is 19.7 Å². The van der Waals surface area contributed by atoms with E-state index in [0.717, 1.165) is 18.8 Å². The topological polar surface area (TPSA) is 69.0 Å². The van der Waals surface area contributed by atoms with Crippen molar-refractivity contribution in [2.75, 3.05) is 33.2 Å². The molecule has 1 saturated heterocycles. The number of hydrogen-bond acceptors (Lipinski definition) is 4. The summed E-state index contributed by atoms with van der Waals surface area (Å²) in [5.41, 5.74) is 0. The van der Waals surface area contributed by atoms with Crippen molar-refractivity contribution in [2.45, 2.75) is 38.3 Å². The highest BCUT2D eigenvalue weighted by molar-refractivity contribution is 5.73. The molecule has 1 aromatic heterocycles. The molecule has 124 valence electrons. The number of likely N-dealkylation sites (tertiary alicyclic amines) is 1. The third-order valence-electron chi connectivity index (χ3n) is 4.03. The molecule has 2 rings (SSSR count). The minimum Gasteiger partial charge on any atom is -0.468 e. The van der Waals surface area contributed by atoms with Crippen LogP contribution in [0.5, 0.6) is 0 Å². The number of nitrogens with one attached hydrogen (secondary N) is 1. The monoisotopic (exact) mass is 309 g/mol. The van der Waals surface area contributed by atoms with Crippen LogP contribution in [0.15, 0.2) is 22.8 Å². The van der Waals surface area contributed by atoms with E-state index in [1.807, 2.05) is 12.1 Å². The van der Waals surface area contributed by atoms with Crippen LogP contribution in [-0.2, 0) is 0 Å². The lowest BCUT2D eigenvalue weighted by Crippen LogP contribution is -2.45. The van der Waals surface area contributed by atoms with E-state index in [-0.39, 0.29) is 12.1 Å². The molecule has 2 amide bonds. The number of rotatable bonds is 6. The van der Waals surface area contributed by atoms with E-state index in [1.165, 1.54) is 24.2 Å². The smallest absolute Gasteiger partial charge is 0.317 e. The Labute approximate surface area is 132 Å². The van der Waals surface area contributed by atoms with E-state index in [2.05, 4.69) is 10.2 Å². The van der Waals surface area contributed by atoms with E-state index < -0.39 is 6.10 Å². The van der Waals surface area contributed by atoms with Gasteiger partial charge in [0.25, 0.3) is 0 Å². The molecule has 2 atom stereocenters. The summed E-state index contributed by atoms with van der Waals surface area (Å²) in [4.78, 5) is 16.0. The van der Waals surface area contributed by atoms with Crippen LogP contribution in [0.4, 0.5) is 4.79 Å². The van der Waals surface area contributed by atoms with Crippen molar-refractivity contribution >= 4 is 6.03 Å². The van der Waals surface area contributed by atoms with Gasteiger partial charge in [-0.1, -0.05) is 6.42 Å². The molecule has 2 heterocycles. The van der Waals surface area contributed by atoms with Crippen molar-refractivity contribution in [1.82, 2.24) is 15.1 Å². The van der Waals surface area contributed by atoms with Crippen molar-refractivity contribution in [3.05, 3.63) is 24.2 Å². The summed E-state index contributed by atoms with van der Waals surface area (Å²) in [5, 5.41) is 12.3. The van der Waals surface area contributed by atoms with E-state index in [9.17, 15) is 9.90 Å². The molecule has 0 aromatic carbocycles. The fraction of sp³-hybridized carbons (Fsp3) is 0.688. The first-order valence-electron chi connectivity index (χ1n) is 8.02. The number of furan rings is 1. The second kappa shape index (κ2) is 8.19. The quantitative estimate of drug-likeness (QED) is 0.841. The summed E-state index contributed by atoms with van der Waals surface area (Å²) < 4.78 is 5.56. The van der Waals surface area contributed by atoms with E-state index in [4.69, 9.17) is 4.42 Å². The normalized spacial score (nSPS) is 18.7. The maximum atomic E-state index is 12.1. The number of amides is 2. The van der Waals surface area contributed by atoms with Crippen LogP contribution in [-0.4, -0.2) is 60.3 Å². The summed E-state index contributed by atoms with van der Waals surface area (Å²) in [7, 11) is 1.69. The number of urea groups is 1. The zero-order valence-electron chi connectivity index (χ0n) is 13.5. The second-order valence-corrected chi connectivity index (χ2v) is 6.04. The number of hydrogen-bond donors (Lipinski definition) is 2. The van der Waals surface area contributed by atoms with Crippen LogP contribution < -0.4 is 5.32 Å². The number of carbonyl (C=O) groups is 1. The third-order valence-corrected chi connectivity index (χ3v) is 4.03. The van der Waals surface area contributed by atoms with Gasteiger partial charge in [0, 0.05) is 20.1 Å². The molecule has 1 aromatic rings. The number of aliphatic hydroxyl groups excluding tert-OH is 1. The van der Waals surface area contributed by atoms with Crippen molar-refractivity contribution in [3.63, 3.8) is 0 Å². The first kappa shape index (κ1) is 16.8. The summed E-state index contributed by atoms with van der Waals surface area (Å²) >= 11 is 0. The Kier molecular flexibility index (Phi) is 6.27. The zero-order valence-corrected chi connectivity index (χ0v) is 13.5. The molecule has 0 bridgehead atoms. The fourth-order valence-corrected chi connectivity index (χ4v) is 2.92. The second-order valence-electron chi connectivity index (χ2n) is 6.04. The molecular weight excluding hydrogens is 282 g/mol. The number of piperidine rings is 1. The molecule has 2 N–H and O–H groups in total. The van der Waals surface area contributed by atoms with Crippen molar-refractivity contribution in [3.8, 4) is 0 Å². The molecule has 0 saturated carbocycles. The highest BCUT2D eigenvalue weighted by atomic mass is 16.3. The third kappa shape index (κ3) is 4.74. The lowest BCUT2D eigenvalue weighted by atomic mass is 10.1. The Hall–Kier alpha value is -1.53. The van der Waals surface area contributed by atoms with Gasteiger partial charge in [0.1, 0.15) is 5.76 Å². The summed E-state index contributed by atoms with van der Waals surface area (Å²) in [6.07, 6.45) is 4.79. The molecule has 6 nitrogen and oxygen atoms in total. The average molecular weight is 309 g/mol. The van der Waals surface area contributed by atoms with Crippen molar-refractivity contribution in [1.29, 1.82) is 0 Å². The lowest BCUT2D eigenvalue weighted by molar-refractivity contribution is 0.130. The molecule has 0 radical (unpaired) electrons. The highest BCUT2D eigenvalue weighted by Crippen LogP contribution is 2.24. The standard InChI is InChI=1S/C16H27N3O3/c1-13(20)12-18(2)16(21)17-11-14(15-7-6-10-22-15)19-8-4-3-5-9-19/h6-7,10,13-14,20H,3-5,8-9,11-12H2,1-2H3,(H,17,21). The largest absolute Gasteiger partial charge is 0.468 e. The molecule has 2 unspecified atom stereocenters. The lowest BCUT2D eigenvalue weighted by Gasteiger charge is -2.33. The zero-order chi connectivity index (χ0) is 15.9. The van der Waals surface area contributed by atoms with E-state index in [0.29, 0.717) is 13.1 Å². The van der Waals surface area contributed by atoms with Gasteiger partial charge in [-0.05, 0) is 45.0 Å². The SMILES string of the molecule is CC(O)CN(C)C(=O)NCC(c1ccco1)N1CCCCC1. The van der Waals surface area contributed by atoms with Gasteiger partial charge >= 0.3 is 6.03 Å². The summed E-state index contributed by atoms with van der Waals surface area (Å²) in [5.74, 6) is 0.889. The van der Waals surface area contributed by atoms with Crippen LogP contribution in [0.2, 0.25) is 0 Å². The Morgan fingerprint density at radius 2 is 2.18 bits per heavy atom. The Morgan fingerprint density at radius 1 is 1.45 bits per heavy atom. The molecule has 1 aliphatic heterocycles. The van der Waals surface area contributed by atoms with Crippen molar-refractivity contribution in [2.24, 2.45) is 0 Å². The number of nitrogens with zero attached hydrogens (tertiary/aromatic N) is 2. The Morgan fingerprint density at radius 3 is 2.77 bits per heavy atom. The summed E-state index contributed by atoms with van der Waals surface area (Å²) in [6.45, 7) is 4.57. The Bertz CT molecular complexity index is 441. The van der Waals surface area contributed by atoms with Gasteiger partial charge in [-0.25, -0.2) is 4.79 Å². The summed E-state index contributed by atoms with van der Waals surface area (Å²) in [6, 6.07) is 3.74. The van der Waals surface area contributed by atoms with Crippen LogP contribution in [0.3, 0.4) is 0 Å². The first-order valence-corrected chi connectivity index (χ1v) is 8.02. The van der Waals surface area contributed by atoms with Crippen LogP contribution in [0, 0.1) is 0 Å². The van der Waals surface area contributed by atoms with Crippen LogP contribution in [0.25, 0.3) is 0 Å². The van der Waals surface area contributed by atoms with Gasteiger partial charge in [0.15, 0.2) is 0 Å². The maximum Gasteiger partial charge on any atom is 0.317 e. The number of carbonyl (C=O) groups excluding carboxylic acids is 1. The fourth-order valence-electron chi connectivity index (χ4n) is 2.92. The van der Waals surface area contributed by atoms with Gasteiger partial charge in [-0.15, -0.1) is 0 Å². The first-order chi connectivity index (χ1) is 10.6. The molecule has 22 heavy (non-hydrogen) atoms. The van der Waals surface area contributed by atoms with Crippen molar-refractivity contribution < 1.29 is 14.3 Å². The van der Waals surface area contributed by atoms with Gasteiger partial charge in [-0.3, -0.25) is 4.90 Å². The molecule has 0 aliphatic carbocycles. The highest BCUT2D eigenvalue weighted by Gasteiger charge is 2.25. The molecule has 6 heteroatoms. The molecule has 1 fully saturated rings. The van der Waals surface area contributed by atoms with Crippen LogP contribution >= 0.6 is 0 Å². The average Bonchev–Trinajstić information content (AvgIpc) is 3.02. The van der Waals surface area contributed by atoms with Gasteiger partial charge in [0.2, 0.25) is 0 Å². The minimum atomic E-state index is -0.529. The molecular formula is C16H27N3O3. The molecule has 0 spiro atoms. The van der Waals surface area contributed by atoms with E-state index in [1.54, 1.807) is 20.2 Å². The van der Waals surface area contributed by atoms with Crippen LogP contribution in [0.1, 0.15) is 38.0 Å². The predicted octanol–water partition coefficient (Wildman–Crippen LogP) is 1.83. The maximum absolute atomic E-state index is 12.1. The predicted molar refractivity (Wildman–Crippen MR) is 84.6 cm³/mol.